The Kier molecular flexibility index (Phi) is 19.3. The van der Waals surface area contributed by atoms with Crippen LogP contribution in [0.25, 0.3) is 11.1 Å². The van der Waals surface area contributed by atoms with Gasteiger partial charge in [0.25, 0.3) is 0 Å². The van der Waals surface area contributed by atoms with E-state index in [2.05, 4.69) is 118 Å². The summed E-state index contributed by atoms with van der Waals surface area (Å²) in [5.74, 6) is 1.82. The Morgan fingerprint density at radius 2 is 0.988 bits per heavy atom. The van der Waals surface area contributed by atoms with Gasteiger partial charge in [0.05, 0.1) is 17.1 Å². The molecule has 4 aliphatic heterocycles. The molecule has 4 fully saturated rings. The maximum atomic E-state index is 12.9. The second kappa shape index (κ2) is 26.8. The molecule has 15 heteroatoms. The lowest BCUT2D eigenvalue weighted by Crippen LogP contribution is -2.41. The summed E-state index contributed by atoms with van der Waals surface area (Å²) in [6.45, 7) is 9.13. The van der Waals surface area contributed by atoms with Crippen LogP contribution in [0.5, 0.6) is 0 Å². The number of nitrogens with zero attached hydrogens (tertiary/aromatic N) is 5. The zero-order chi connectivity index (χ0) is 56.1. The molecular formula is C66H69Br3Cl3N7O2. The molecule has 2 amide bonds. The van der Waals surface area contributed by atoms with Crippen molar-refractivity contribution in [2.24, 2.45) is 11.8 Å². The Labute approximate surface area is 517 Å². The normalized spacial score (nSPS) is 19.1. The molecule has 3 aromatic carbocycles. The quantitative estimate of drug-likeness (QED) is 0.182. The topological polar surface area (TPSA) is 103 Å². The second-order valence-electron chi connectivity index (χ2n) is 22.8. The van der Waals surface area contributed by atoms with Gasteiger partial charge >= 0.3 is 0 Å². The number of pyridine rings is 3. The Balaban J connectivity index is 0.000000130. The summed E-state index contributed by atoms with van der Waals surface area (Å²) in [5, 5.41) is 9.25. The largest absolute Gasteiger partial charge is 0.343 e. The van der Waals surface area contributed by atoms with E-state index in [9.17, 15) is 9.59 Å². The van der Waals surface area contributed by atoms with Crippen molar-refractivity contribution in [3.63, 3.8) is 0 Å². The number of fused-ring (bicyclic) bond motifs is 6. The molecule has 1 unspecified atom stereocenters. The second-order valence-corrected chi connectivity index (χ2v) is 26.8. The van der Waals surface area contributed by atoms with Crippen molar-refractivity contribution in [3.05, 3.63) is 198 Å². The molecule has 9 nitrogen and oxygen atoms in total. The van der Waals surface area contributed by atoms with Gasteiger partial charge in [-0.15, -0.1) is 0 Å². The third-order valence-corrected chi connectivity index (χ3v) is 19.7. The van der Waals surface area contributed by atoms with Crippen LogP contribution in [0.2, 0.25) is 15.1 Å². The predicted octanol–water partition coefficient (Wildman–Crippen LogP) is 15.2. The molecule has 6 aromatic rings. The van der Waals surface area contributed by atoms with Crippen LogP contribution >= 0.6 is 82.6 Å². The summed E-state index contributed by atoms with van der Waals surface area (Å²) < 4.78 is 3.10. The van der Waals surface area contributed by atoms with E-state index in [1.165, 1.54) is 78.1 Å². The predicted molar refractivity (Wildman–Crippen MR) is 339 cm³/mol. The van der Waals surface area contributed by atoms with Gasteiger partial charge in [-0.2, -0.15) is 0 Å². The lowest BCUT2D eigenvalue weighted by molar-refractivity contribution is -0.134. The van der Waals surface area contributed by atoms with Crippen molar-refractivity contribution >= 4 is 106 Å². The summed E-state index contributed by atoms with van der Waals surface area (Å²) in [4.78, 5) is 43.2. The monoisotopic (exact) mass is 1330 g/mol. The number of aromatic nitrogens is 3. The summed E-state index contributed by atoms with van der Waals surface area (Å²) >= 11 is 29.6. The van der Waals surface area contributed by atoms with Gasteiger partial charge in [-0.25, -0.2) is 0 Å². The number of hydrogen-bond acceptors (Lipinski definition) is 7. The third kappa shape index (κ3) is 13.8. The number of rotatable bonds is 3. The first kappa shape index (κ1) is 58.5. The molecule has 422 valence electrons. The first-order chi connectivity index (χ1) is 39.3. The number of aryl methyl sites for hydroxylation is 6. The van der Waals surface area contributed by atoms with Crippen molar-refractivity contribution in [3.8, 4) is 0 Å². The molecule has 0 bridgehead atoms. The van der Waals surface area contributed by atoms with E-state index in [1.54, 1.807) is 6.92 Å². The minimum absolute atomic E-state index is 0.157. The highest BCUT2D eigenvalue weighted by Crippen LogP contribution is 2.45. The summed E-state index contributed by atoms with van der Waals surface area (Å²) in [6.07, 6.45) is 20.6. The van der Waals surface area contributed by atoms with Crippen LogP contribution < -0.4 is 10.6 Å². The molecule has 2 N–H and O–H groups in total. The Hall–Kier alpha value is -4.24. The smallest absolute Gasteiger partial charge is 0.222 e. The van der Waals surface area contributed by atoms with Gasteiger partial charge in [-0.3, -0.25) is 24.5 Å². The average Bonchev–Trinajstić information content (AvgIpc) is 4.05. The van der Waals surface area contributed by atoms with Crippen molar-refractivity contribution in [2.75, 3.05) is 52.4 Å². The maximum absolute atomic E-state index is 12.9. The van der Waals surface area contributed by atoms with Crippen molar-refractivity contribution in [1.29, 1.82) is 0 Å². The van der Waals surface area contributed by atoms with E-state index >= 15 is 0 Å². The van der Waals surface area contributed by atoms with Gasteiger partial charge in [-0.05, 0) is 280 Å². The zero-order valence-electron chi connectivity index (χ0n) is 46.0. The molecule has 7 heterocycles. The lowest BCUT2D eigenvalue weighted by atomic mass is 9.76. The summed E-state index contributed by atoms with van der Waals surface area (Å²) in [6, 6.07) is 25.5. The van der Waals surface area contributed by atoms with Crippen LogP contribution in [0.1, 0.15) is 138 Å². The van der Waals surface area contributed by atoms with Crippen molar-refractivity contribution < 1.29 is 9.59 Å². The molecule has 4 saturated heterocycles. The van der Waals surface area contributed by atoms with Gasteiger partial charge in [0, 0.05) is 104 Å². The highest BCUT2D eigenvalue weighted by atomic mass is 79.9. The van der Waals surface area contributed by atoms with Crippen LogP contribution in [0.15, 0.2) is 116 Å². The molecule has 0 radical (unpaired) electrons. The number of nitrogens with one attached hydrogen (secondary N) is 2. The molecule has 13 rings (SSSR count). The minimum Gasteiger partial charge on any atom is -0.343 e. The molecule has 3 aromatic heterocycles. The third-order valence-electron chi connectivity index (χ3n) is 17.7. The van der Waals surface area contributed by atoms with Crippen LogP contribution in [0.3, 0.4) is 0 Å². The van der Waals surface area contributed by atoms with Crippen LogP contribution in [-0.4, -0.2) is 88.9 Å². The first-order valence-corrected chi connectivity index (χ1v) is 32.5. The van der Waals surface area contributed by atoms with E-state index < -0.39 is 0 Å². The summed E-state index contributed by atoms with van der Waals surface area (Å²) in [5.41, 5.74) is 20.8. The number of carbonyl (C=O) groups is 2. The number of benzene rings is 3. The van der Waals surface area contributed by atoms with Crippen LogP contribution in [0.4, 0.5) is 0 Å². The number of halogens is 6. The molecule has 7 aliphatic rings. The Bertz CT molecular complexity index is 3230. The molecule has 1 atom stereocenters. The number of hydrogen-bond donors (Lipinski definition) is 2. The van der Waals surface area contributed by atoms with Gasteiger partial charge in [-0.1, -0.05) is 64.1 Å². The van der Waals surface area contributed by atoms with Gasteiger partial charge in [0.15, 0.2) is 0 Å². The van der Waals surface area contributed by atoms with Gasteiger partial charge in [0.2, 0.25) is 11.8 Å². The fourth-order valence-corrected chi connectivity index (χ4v) is 15.3. The number of carbonyl (C=O) groups excluding carboxylic acids is 2. The number of amides is 2. The Morgan fingerprint density at radius 3 is 1.56 bits per heavy atom. The van der Waals surface area contributed by atoms with Crippen LogP contribution in [0, 0.1) is 11.8 Å². The van der Waals surface area contributed by atoms with E-state index in [0.717, 1.165) is 189 Å². The van der Waals surface area contributed by atoms with Crippen LogP contribution in [-0.2, 0) is 48.1 Å². The van der Waals surface area contributed by atoms with Crippen molar-refractivity contribution in [1.82, 2.24) is 35.4 Å². The molecule has 3 aliphatic carbocycles. The molecule has 81 heavy (non-hydrogen) atoms. The lowest BCUT2D eigenvalue weighted by Gasteiger charge is -2.37. The van der Waals surface area contributed by atoms with E-state index in [1.807, 2.05) is 41.7 Å². The van der Waals surface area contributed by atoms with E-state index in [4.69, 9.17) is 49.8 Å². The number of likely N-dealkylation sites (tertiary alicyclic amines) is 2. The average molecular weight is 1340 g/mol. The standard InChI is InChI=1S/C26H31BrClN3O.C21H20BrClN2O.C19H18BrClN2/c27-21-14-20-2-1-19-15-22(28)3-4-23(19)25(26(20)30-16-21)18-7-11-31(12-8-18)24(32)13-17-5-9-29-10-6-17;1-13(26)25-8-6-14(7-9-25)20-19-5-4-18(23)11-15(19)2-3-16-10-17(22)12-24-21(16)20;20-15-9-14-2-1-13-10-16(21)3-4-17(13)18(19(14)23-11-15)12-5-7-22-8-6-12/h3-4,14-18,25,29H,1-2,5-13H2;4-5,10-12H,2-3,6-9H2,1H3;3-4,9-11,22H,1-2,5-8H2. The van der Waals surface area contributed by atoms with Crippen molar-refractivity contribution in [2.45, 2.75) is 109 Å². The molecule has 0 saturated carbocycles. The fraction of sp³-hybridized carbons (Fsp3) is 0.409. The maximum Gasteiger partial charge on any atom is 0.222 e. The van der Waals surface area contributed by atoms with E-state index in [-0.39, 0.29) is 11.8 Å². The molecule has 0 spiro atoms. The zero-order valence-corrected chi connectivity index (χ0v) is 53.0. The summed E-state index contributed by atoms with van der Waals surface area (Å²) in [7, 11) is 0. The fourth-order valence-electron chi connectivity index (χ4n) is 13.6. The van der Waals surface area contributed by atoms with Gasteiger partial charge < -0.3 is 20.4 Å². The molecular weight excluding hydrogens is 1270 g/mol. The SMILES string of the molecule is CC(=O)N1CCC(=C2c3ccc(Cl)cc3CCc3cc(Br)cnc32)CC1.Clc1ccc2c(c1)CCc1cc(Br)cnc1C2=C1CCNCC1.O=C(CC1CCNCC1)N1CCC(C2c3ccc(Cl)cc3CCc3cc(Br)cnc32)CC1. The first-order valence-electron chi connectivity index (χ1n) is 29.0. The highest BCUT2D eigenvalue weighted by molar-refractivity contribution is 9.11. The number of piperidine rings is 4. The minimum atomic E-state index is 0.157. The highest BCUT2D eigenvalue weighted by Gasteiger charge is 2.36. The van der Waals surface area contributed by atoms with Gasteiger partial charge in [0.1, 0.15) is 0 Å². The van der Waals surface area contributed by atoms with E-state index in [0.29, 0.717) is 17.7 Å². The Morgan fingerprint density at radius 1 is 0.519 bits per heavy atom.